The molecule has 0 aliphatic heterocycles. The summed E-state index contributed by atoms with van der Waals surface area (Å²) in [6, 6.07) is 4.31. The van der Waals surface area contributed by atoms with Gasteiger partial charge in [-0.05, 0) is 17.7 Å². The number of aliphatic hydroxyl groups is 1. The van der Waals surface area contributed by atoms with Crippen LogP contribution in [0.3, 0.4) is 0 Å². The van der Waals surface area contributed by atoms with E-state index >= 15 is 0 Å². The van der Waals surface area contributed by atoms with E-state index in [4.69, 9.17) is 5.11 Å². The molecule has 0 saturated carbocycles. The van der Waals surface area contributed by atoms with Gasteiger partial charge in [-0.25, -0.2) is 4.79 Å². The van der Waals surface area contributed by atoms with Crippen molar-refractivity contribution in [1.29, 1.82) is 0 Å². The largest absolute Gasteiger partial charge is 0.416 e. The summed E-state index contributed by atoms with van der Waals surface area (Å²) in [4.78, 5) is 12.7. The van der Waals surface area contributed by atoms with E-state index in [2.05, 4.69) is 5.32 Å². The third-order valence-electron chi connectivity index (χ3n) is 2.48. The first-order valence-electron chi connectivity index (χ1n) is 5.60. The Hall–Kier alpha value is -1.76. The van der Waals surface area contributed by atoms with Gasteiger partial charge in [0.15, 0.2) is 0 Å². The summed E-state index contributed by atoms with van der Waals surface area (Å²) in [6.07, 6.45) is -4.40. The Morgan fingerprint density at radius 3 is 2.68 bits per heavy atom. The Morgan fingerprint density at radius 1 is 1.42 bits per heavy atom. The van der Waals surface area contributed by atoms with Crippen LogP contribution in [0.4, 0.5) is 18.0 Å². The van der Waals surface area contributed by atoms with Crippen molar-refractivity contribution in [3.63, 3.8) is 0 Å². The average molecular weight is 276 g/mol. The summed E-state index contributed by atoms with van der Waals surface area (Å²) in [5.41, 5.74) is -0.386. The van der Waals surface area contributed by atoms with Gasteiger partial charge in [-0.1, -0.05) is 12.1 Å². The number of alkyl halides is 3. The zero-order valence-corrected chi connectivity index (χ0v) is 10.4. The Kier molecular flexibility index (Phi) is 5.17. The molecule has 2 amide bonds. The molecule has 4 nitrogen and oxygen atoms in total. The van der Waals surface area contributed by atoms with Gasteiger partial charge in [0, 0.05) is 20.1 Å². The number of hydrogen-bond donors (Lipinski definition) is 2. The smallest absolute Gasteiger partial charge is 0.395 e. The van der Waals surface area contributed by atoms with Crippen LogP contribution in [-0.2, 0) is 12.7 Å². The number of carbonyl (C=O) groups excluding carboxylic acids is 1. The minimum atomic E-state index is -4.40. The van der Waals surface area contributed by atoms with Crippen molar-refractivity contribution in [1.82, 2.24) is 10.2 Å². The topological polar surface area (TPSA) is 52.6 Å². The summed E-state index contributed by atoms with van der Waals surface area (Å²) in [5.74, 6) is 0. The number of rotatable bonds is 4. The monoisotopic (exact) mass is 276 g/mol. The van der Waals surface area contributed by atoms with Crippen LogP contribution in [0, 0.1) is 0 Å². The van der Waals surface area contributed by atoms with Crippen LogP contribution in [0.2, 0.25) is 0 Å². The molecule has 1 aromatic carbocycles. The van der Waals surface area contributed by atoms with E-state index < -0.39 is 17.8 Å². The lowest BCUT2D eigenvalue weighted by atomic mass is 10.1. The Morgan fingerprint density at radius 2 is 2.11 bits per heavy atom. The van der Waals surface area contributed by atoms with Gasteiger partial charge >= 0.3 is 12.2 Å². The first-order valence-corrected chi connectivity index (χ1v) is 5.60. The molecule has 0 aliphatic carbocycles. The van der Waals surface area contributed by atoms with Crippen LogP contribution in [0.1, 0.15) is 11.1 Å². The number of halogens is 3. The lowest BCUT2D eigenvalue weighted by Gasteiger charge is -2.16. The Labute approximate surface area is 108 Å². The summed E-state index contributed by atoms with van der Waals surface area (Å²) in [6.45, 7) is -0.0135. The molecule has 106 valence electrons. The molecule has 0 bridgehead atoms. The molecular weight excluding hydrogens is 261 g/mol. The highest BCUT2D eigenvalue weighted by Crippen LogP contribution is 2.29. The molecule has 0 fully saturated rings. The standard InChI is InChI=1S/C12H15F3N2O2/c1-17(5-6-18)11(19)16-8-9-3-2-4-10(7-9)12(13,14)15/h2-4,7,18H,5-6,8H2,1H3,(H,16,19). The van der Waals surface area contributed by atoms with Gasteiger partial charge in [0.25, 0.3) is 0 Å². The van der Waals surface area contributed by atoms with E-state index in [1.54, 1.807) is 0 Å². The SMILES string of the molecule is CN(CCO)C(=O)NCc1cccc(C(F)(F)F)c1. The lowest BCUT2D eigenvalue weighted by Crippen LogP contribution is -2.38. The van der Waals surface area contributed by atoms with Gasteiger partial charge in [0.05, 0.1) is 12.2 Å². The van der Waals surface area contributed by atoms with Gasteiger partial charge < -0.3 is 15.3 Å². The van der Waals surface area contributed by atoms with E-state index in [1.807, 2.05) is 0 Å². The van der Waals surface area contributed by atoms with E-state index in [-0.39, 0.29) is 19.7 Å². The molecule has 0 spiro atoms. The van der Waals surface area contributed by atoms with Crippen LogP contribution in [0.25, 0.3) is 0 Å². The van der Waals surface area contributed by atoms with Crippen molar-refractivity contribution in [2.75, 3.05) is 20.2 Å². The predicted molar refractivity (Wildman–Crippen MR) is 63.4 cm³/mol. The second-order valence-electron chi connectivity index (χ2n) is 4.00. The van der Waals surface area contributed by atoms with Crippen molar-refractivity contribution < 1.29 is 23.1 Å². The van der Waals surface area contributed by atoms with E-state index in [1.165, 1.54) is 24.1 Å². The first kappa shape index (κ1) is 15.3. The van der Waals surface area contributed by atoms with Crippen molar-refractivity contribution in [3.8, 4) is 0 Å². The molecule has 1 rings (SSSR count). The number of carbonyl (C=O) groups is 1. The molecule has 0 atom stereocenters. The Balaban J connectivity index is 2.61. The molecule has 2 N–H and O–H groups in total. The second kappa shape index (κ2) is 6.42. The summed E-state index contributed by atoms with van der Waals surface area (Å²) in [7, 11) is 1.48. The summed E-state index contributed by atoms with van der Waals surface area (Å²) >= 11 is 0. The van der Waals surface area contributed by atoms with Crippen LogP contribution < -0.4 is 5.32 Å². The summed E-state index contributed by atoms with van der Waals surface area (Å²) in [5, 5.41) is 11.1. The fourth-order valence-corrected chi connectivity index (χ4v) is 1.42. The number of nitrogens with one attached hydrogen (secondary N) is 1. The van der Waals surface area contributed by atoms with Crippen molar-refractivity contribution in [3.05, 3.63) is 35.4 Å². The van der Waals surface area contributed by atoms with Crippen LogP contribution in [-0.4, -0.2) is 36.2 Å². The maximum absolute atomic E-state index is 12.5. The number of urea groups is 1. The van der Waals surface area contributed by atoms with Crippen molar-refractivity contribution >= 4 is 6.03 Å². The number of nitrogens with zero attached hydrogens (tertiary/aromatic N) is 1. The number of likely N-dealkylation sites (N-methyl/N-ethyl adjacent to an activating group) is 1. The van der Waals surface area contributed by atoms with Gasteiger partial charge in [-0.3, -0.25) is 0 Å². The molecule has 0 aliphatic rings. The molecule has 0 unspecified atom stereocenters. The van der Waals surface area contributed by atoms with E-state index in [0.29, 0.717) is 5.56 Å². The maximum Gasteiger partial charge on any atom is 0.416 e. The summed E-state index contributed by atoms with van der Waals surface area (Å²) < 4.78 is 37.4. The van der Waals surface area contributed by atoms with Gasteiger partial charge in [-0.2, -0.15) is 13.2 Å². The van der Waals surface area contributed by atoms with Gasteiger partial charge in [0.2, 0.25) is 0 Å². The minimum Gasteiger partial charge on any atom is -0.395 e. The maximum atomic E-state index is 12.5. The fraction of sp³-hybridized carbons (Fsp3) is 0.417. The van der Waals surface area contributed by atoms with Crippen LogP contribution >= 0.6 is 0 Å². The van der Waals surface area contributed by atoms with Gasteiger partial charge in [-0.15, -0.1) is 0 Å². The van der Waals surface area contributed by atoms with Crippen molar-refractivity contribution in [2.45, 2.75) is 12.7 Å². The average Bonchev–Trinajstić information content (AvgIpc) is 2.35. The normalized spacial score (nSPS) is 11.2. The minimum absolute atomic E-state index is 0.00147. The zero-order chi connectivity index (χ0) is 14.5. The van der Waals surface area contributed by atoms with E-state index in [0.717, 1.165) is 12.1 Å². The molecular formula is C12H15F3N2O2. The lowest BCUT2D eigenvalue weighted by molar-refractivity contribution is -0.137. The molecule has 0 saturated heterocycles. The first-order chi connectivity index (χ1) is 8.84. The highest BCUT2D eigenvalue weighted by atomic mass is 19.4. The Bertz CT molecular complexity index is 435. The van der Waals surface area contributed by atoms with Crippen molar-refractivity contribution in [2.24, 2.45) is 0 Å². The molecule has 7 heteroatoms. The number of aliphatic hydroxyl groups excluding tert-OH is 1. The molecule has 1 aromatic rings. The zero-order valence-electron chi connectivity index (χ0n) is 10.4. The second-order valence-corrected chi connectivity index (χ2v) is 4.00. The third-order valence-corrected chi connectivity index (χ3v) is 2.48. The molecule has 0 heterocycles. The highest BCUT2D eigenvalue weighted by Gasteiger charge is 2.30. The predicted octanol–water partition coefficient (Wildman–Crippen LogP) is 1.84. The molecule has 19 heavy (non-hydrogen) atoms. The highest BCUT2D eigenvalue weighted by molar-refractivity contribution is 5.73. The number of benzene rings is 1. The number of hydrogen-bond acceptors (Lipinski definition) is 2. The number of amides is 2. The van der Waals surface area contributed by atoms with Crippen LogP contribution in [0.5, 0.6) is 0 Å². The molecule has 0 aromatic heterocycles. The third kappa shape index (κ3) is 4.78. The van der Waals surface area contributed by atoms with E-state index in [9.17, 15) is 18.0 Å². The quantitative estimate of drug-likeness (QED) is 0.881. The molecule has 0 radical (unpaired) electrons. The fourth-order valence-electron chi connectivity index (χ4n) is 1.42. The van der Waals surface area contributed by atoms with Gasteiger partial charge in [0.1, 0.15) is 0 Å². The van der Waals surface area contributed by atoms with Crippen LogP contribution in [0.15, 0.2) is 24.3 Å².